The summed E-state index contributed by atoms with van der Waals surface area (Å²) in [6.45, 7) is 4.13. The molecule has 0 aliphatic heterocycles. The lowest BCUT2D eigenvalue weighted by molar-refractivity contribution is -0.671. The third-order valence-corrected chi connectivity index (χ3v) is 2.11. The van der Waals surface area contributed by atoms with Crippen molar-refractivity contribution in [2.24, 2.45) is 12.8 Å². The van der Waals surface area contributed by atoms with Crippen molar-refractivity contribution in [3.05, 3.63) is 30.1 Å². The summed E-state index contributed by atoms with van der Waals surface area (Å²) >= 11 is 0. The zero-order valence-electron chi connectivity index (χ0n) is 9.13. The Morgan fingerprint density at radius 3 is 2.21 bits per heavy atom. The van der Waals surface area contributed by atoms with Gasteiger partial charge in [0.2, 0.25) is 0 Å². The van der Waals surface area contributed by atoms with Crippen LogP contribution in [0.1, 0.15) is 25.8 Å². The van der Waals surface area contributed by atoms with Crippen molar-refractivity contribution >= 4 is 0 Å². The molecular weight excluding hydrogens is 196 g/mol. The molecule has 0 aromatic carbocycles. The van der Waals surface area contributed by atoms with Crippen molar-refractivity contribution in [3.8, 4) is 0 Å². The van der Waals surface area contributed by atoms with Gasteiger partial charge in [0, 0.05) is 17.7 Å². The van der Waals surface area contributed by atoms with Crippen molar-refractivity contribution in [1.82, 2.24) is 0 Å². The van der Waals surface area contributed by atoms with E-state index in [4.69, 9.17) is 5.73 Å². The molecule has 0 amide bonds. The topological polar surface area (TPSA) is 29.9 Å². The highest BCUT2D eigenvalue weighted by Crippen LogP contribution is 2.09. The third-order valence-electron chi connectivity index (χ3n) is 2.11. The molecule has 0 spiro atoms. The molecule has 3 heteroatoms. The summed E-state index contributed by atoms with van der Waals surface area (Å²) in [4.78, 5) is 0. The third kappa shape index (κ3) is 5.20. The zero-order valence-corrected chi connectivity index (χ0v) is 9.88. The van der Waals surface area contributed by atoms with E-state index in [9.17, 15) is 0 Å². The number of pyridine rings is 1. The van der Waals surface area contributed by atoms with Gasteiger partial charge in [-0.05, 0) is 32.3 Å². The predicted molar refractivity (Wildman–Crippen MR) is 54.2 cm³/mol. The second kappa shape index (κ2) is 5.32. The molecule has 0 saturated heterocycles. The van der Waals surface area contributed by atoms with Gasteiger partial charge in [-0.25, -0.2) is 4.57 Å². The second-order valence-corrected chi connectivity index (χ2v) is 4.36. The molecule has 2 nitrogen and oxygen atoms in total. The Bertz CT molecular complexity index is 262. The first-order valence-electron chi connectivity index (χ1n) is 4.70. The molecule has 2 N–H and O–H groups in total. The largest absolute Gasteiger partial charge is 1.00 e. The summed E-state index contributed by atoms with van der Waals surface area (Å²) in [5, 5.41) is 0. The first kappa shape index (κ1) is 13.4. The molecule has 1 aromatic heterocycles. The second-order valence-electron chi connectivity index (χ2n) is 4.36. The Labute approximate surface area is 92.5 Å². The van der Waals surface area contributed by atoms with Gasteiger partial charge in [0.05, 0.1) is 0 Å². The zero-order chi connectivity index (χ0) is 9.90. The van der Waals surface area contributed by atoms with Crippen LogP contribution < -0.4 is 22.7 Å². The molecule has 14 heavy (non-hydrogen) atoms. The molecule has 0 aliphatic carbocycles. The van der Waals surface area contributed by atoms with Gasteiger partial charge >= 0.3 is 0 Å². The van der Waals surface area contributed by atoms with E-state index in [-0.39, 0.29) is 17.9 Å². The van der Waals surface area contributed by atoms with E-state index < -0.39 is 0 Å². The van der Waals surface area contributed by atoms with Gasteiger partial charge in [0.15, 0.2) is 12.4 Å². The number of nitrogens with zero attached hydrogens (tertiary/aromatic N) is 1. The molecule has 0 bridgehead atoms. The van der Waals surface area contributed by atoms with E-state index in [2.05, 4.69) is 38.4 Å². The molecule has 0 unspecified atom stereocenters. The smallest absolute Gasteiger partial charge is 0.168 e. The van der Waals surface area contributed by atoms with Gasteiger partial charge in [-0.2, -0.15) is 0 Å². The van der Waals surface area contributed by atoms with Crippen LogP contribution in [0.15, 0.2) is 24.5 Å². The average Bonchev–Trinajstić information content (AvgIpc) is 2.02. The highest BCUT2D eigenvalue weighted by atomic mass is 35.5. The molecule has 0 saturated carbocycles. The van der Waals surface area contributed by atoms with E-state index in [1.165, 1.54) is 5.56 Å². The predicted octanol–water partition coefficient (Wildman–Crippen LogP) is -1.81. The van der Waals surface area contributed by atoms with Crippen LogP contribution in [-0.4, -0.2) is 5.54 Å². The van der Waals surface area contributed by atoms with Crippen molar-refractivity contribution in [2.75, 3.05) is 0 Å². The van der Waals surface area contributed by atoms with E-state index in [0.717, 1.165) is 12.8 Å². The molecule has 1 aromatic rings. The summed E-state index contributed by atoms with van der Waals surface area (Å²) in [5.41, 5.74) is 7.21. The Morgan fingerprint density at radius 1 is 1.29 bits per heavy atom. The summed E-state index contributed by atoms with van der Waals surface area (Å²) in [7, 11) is 2.02. The summed E-state index contributed by atoms with van der Waals surface area (Å²) in [5.74, 6) is 0. The number of aryl methyl sites for hydroxylation is 2. The number of halogens is 1. The van der Waals surface area contributed by atoms with Gasteiger partial charge in [-0.1, -0.05) is 0 Å². The molecule has 0 aliphatic rings. The molecule has 1 rings (SSSR count). The van der Waals surface area contributed by atoms with Crippen molar-refractivity contribution < 1.29 is 17.0 Å². The molecular formula is C11H19ClN2. The summed E-state index contributed by atoms with van der Waals surface area (Å²) in [6.07, 6.45) is 6.22. The quantitative estimate of drug-likeness (QED) is 0.591. The van der Waals surface area contributed by atoms with Crippen LogP contribution in [-0.2, 0) is 13.5 Å². The summed E-state index contributed by atoms with van der Waals surface area (Å²) in [6, 6.07) is 4.29. The number of rotatable bonds is 3. The normalized spacial score (nSPS) is 10.9. The van der Waals surface area contributed by atoms with Crippen LogP contribution >= 0.6 is 0 Å². The van der Waals surface area contributed by atoms with Gasteiger partial charge in [-0.15, -0.1) is 0 Å². The van der Waals surface area contributed by atoms with E-state index in [1.807, 2.05) is 11.6 Å². The number of hydrogen-bond acceptors (Lipinski definition) is 1. The Morgan fingerprint density at radius 2 is 1.79 bits per heavy atom. The fraction of sp³-hybridized carbons (Fsp3) is 0.545. The minimum absolute atomic E-state index is 0. The Kier molecular flexibility index (Phi) is 5.09. The maximum absolute atomic E-state index is 5.91. The van der Waals surface area contributed by atoms with Crippen LogP contribution in [0.5, 0.6) is 0 Å². The SMILES string of the molecule is C[n+]1ccc(CCC(C)(C)N)cc1.[Cl-]. The van der Waals surface area contributed by atoms with Gasteiger partial charge < -0.3 is 18.1 Å². The summed E-state index contributed by atoms with van der Waals surface area (Å²) < 4.78 is 2.04. The van der Waals surface area contributed by atoms with Gasteiger partial charge in [0.25, 0.3) is 0 Å². The lowest BCUT2D eigenvalue weighted by atomic mass is 9.97. The minimum Gasteiger partial charge on any atom is -1.00 e. The van der Waals surface area contributed by atoms with Crippen molar-refractivity contribution in [3.63, 3.8) is 0 Å². The first-order chi connectivity index (χ1) is 5.97. The molecule has 80 valence electrons. The number of nitrogens with two attached hydrogens (primary N) is 1. The van der Waals surface area contributed by atoms with Crippen LogP contribution in [0.3, 0.4) is 0 Å². The van der Waals surface area contributed by atoms with Gasteiger partial charge in [-0.3, -0.25) is 0 Å². The fourth-order valence-electron chi connectivity index (χ4n) is 1.17. The fourth-order valence-corrected chi connectivity index (χ4v) is 1.17. The monoisotopic (exact) mass is 214 g/mol. The highest BCUT2D eigenvalue weighted by molar-refractivity contribution is 5.07. The van der Waals surface area contributed by atoms with E-state index in [1.54, 1.807) is 0 Å². The maximum Gasteiger partial charge on any atom is 0.168 e. The molecule has 0 radical (unpaired) electrons. The first-order valence-corrected chi connectivity index (χ1v) is 4.70. The van der Waals surface area contributed by atoms with Crippen molar-refractivity contribution in [1.29, 1.82) is 0 Å². The van der Waals surface area contributed by atoms with Gasteiger partial charge in [0.1, 0.15) is 7.05 Å². The number of aromatic nitrogens is 1. The average molecular weight is 215 g/mol. The maximum atomic E-state index is 5.91. The van der Waals surface area contributed by atoms with Crippen LogP contribution in [0.2, 0.25) is 0 Å². The Balaban J connectivity index is 0.00000169. The lowest BCUT2D eigenvalue weighted by Gasteiger charge is -2.17. The van der Waals surface area contributed by atoms with Crippen LogP contribution in [0.4, 0.5) is 0 Å². The number of hydrogen-bond donors (Lipinski definition) is 1. The lowest BCUT2D eigenvalue weighted by Crippen LogP contribution is -3.00. The van der Waals surface area contributed by atoms with Crippen LogP contribution in [0, 0.1) is 0 Å². The molecule has 1 heterocycles. The Hall–Kier alpha value is -0.600. The minimum atomic E-state index is -0.0575. The van der Waals surface area contributed by atoms with Crippen LogP contribution in [0.25, 0.3) is 0 Å². The standard InChI is InChI=1S/C11H19N2.ClH/c1-11(2,12)7-4-10-5-8-13(3)9-6-10;/h5-6,8-9H,4,7,12H2,1-3H3;1H/q+1;/p-1. The molecule has 0 atom stereocenters. The van der Waals surface area contributed by atoms with Crippen molar-refractivity contribution in [2.45, 2.75) is 32.2 Å². The van der Waals surface area contributed by atoms with E-state index >= 15 is 0 Å². The highest BCUT2D eigenvalue weighted by Gasteiger charge is 2.10. The molecule has 0 fully saturated rings. The van der Waals surface area contributed by atoms with E-state index in [0.29, 0.717) is 0 Å².